The Morgan fingerprint density at radius 2 is 2.19 bits per heavy atom. The van der Waals surface area contributed by atoms with E-state index in [2.05, 4.69) is 9.97 Å². The number of ether oxygens (including phenoxy) is 1. The van der Waals surface area contributed by atoms with Gasteiger partial charge < -0.3 is 15.4 Å². The van der Waals surface area contributed by atoms with Crippen molar-refractivity contribution in [2.75, 3.05) is 25.4 Å². The lowest BCUT2D eigenvalue weighted by Gasteiger charge is -2.32. The zero-order valence-corrected chi connectivity index (χ0v) is 11.5. The van der Waals surface area contributed by atoms with E-state index in [0.29, 0.717) is 31.2 Å². The van der Waals surface area contributed by atoms with Crippen LogP contribution in [-0.4, -0.2) is 40.5 Å². The Morgan fingerprint density at radius 1 is 1.29 bits per heavy atom. The Balaban J connectivity index is 1.75. The quantitative estimate of drug-likeness (QED) is 0.898. The maximum atomic E-state index is 12.4. The summed E-state index contributed by atoms with van der Waals surface area (Å²) >= 11 is 0. The van der Waals surface area contributed by atoms with Gasteiger partial charge in [-0.3, -0.25) is 9.78 Å². The van der Waals surface area contributed by atoms with Gasteiger partial charge in [-0.05, 0) is 24.3 Å². The van der Waals surface area contributed by atoms with Crippen molar-refractivity contribution in [3.05, 3.63) is 54.0 Å². The molecule has 0 aromatic carbocycles. The van der Waals surface area contributed by atoms with Crippen molar-refractivity contribution in [3.63, 3.8) is 0 Å². The first kappa shape index (κ1) is 13.5. The molecule has 2 aromatic rings. The first-order chi connectivity index (χ1) is 10.2. The molecule has 3 heterocycles. The lowest BCUT2D eigenvalue weighted by molar-refractivity contribution is -0.0248. The number of carbonyl (C=O) groups excluding carboxylic acids is 1. The van der Waals surface area contributed by atoms with Crippen molar-refractivity contribution in [1.82, 2.24) is 14.9 Å². The van der Waals surface area contributed by atoms with Crippen LogP contribution in [0.15, 0.2) is 42.6 Å². The molecule has 0 bridgehead atoms. The topological polar surface area (TPSA) is 81.3 Å². The second-order valence-electron chi connectivity index (χ2n) is 4.81. The molecule has 2 aromatic heterocycles. The van der Waals surface area contributed by atoms with E-state index in [9.17, 15) is 4.79 Å². The van der Waals surface area contributed by atoms with Crippen LogP contribution in [0.25, 0.3) is 0 Å². The van der Waals surface area contributed by atoms with Gasteiger partial charge in [-0.1, -0.05) is 12.1 Å². The molecule has 3 rings (SSSR count). The third-order valence-electron chi connectivity index (χ3n) is 3.36. The van der Waals surface area contributed by atoms with E-state index in [1.165, 1.54) is 0 Å². The van der Waals surface area contributed by atoms with Crippen molar-refractivity contribution in [1.29, 1.82) is 0 Å². The molecule has 108 valence electrons. The van der Waals surface area contributed by atoms with Gasteiger partial charge in [-0.25, -0.2) is 4.98 Å². The molecule has 21 heavy (non-hydrogen) atoms. The maximum absolute atomic E-state index is 12.4. The Hall–Kier alpha value is -2.47. The summed E-state index contributed by atoms with van der Waals surface area (Å²) in [5, 5.41) is 0. The summed E-state index contributed by atoms with van der Waals surface area (Å²) in [7, 11) is 0. The van der Waals surface area contributed by atoms with E-state index in [0.717, 1.165) is 5.69 Å². The standard InChI is InChI=1S/C15H16N4O2/c16-14-6-3-5-11(18-14)13-10-19(8-9-21-13)15(20)12-4-1-2-7-17-12/h1-7,13H,8-10H2,(H2,16,18)/t13-/m1/s1. The van der Waals surface area contributed by atoms with Crippen LogP contribution in [0.4, 0.5) is 5.82 Å². The SMILES string of the molecule is Nc1cccc([C@H]2CN(C(=O)c3ccccn3)CCO2)n1. The van der Waals surface area contributed by atoms with E-state index >= 15 is 0 Å². The highest BCUT2D eigenvalue weighted by Gasteiger charge is 2.27. The van der Waals surface area contributed by atoms with Crippen molar-refractivity contribution >= 4 is 11.7 Å². The lowest BCUT2D eigenvalue weighted by Crippen LogP contribution is -2.42. The fourth-order valence-electron chi connectivity index (χ4n) is 2.31. The van der Waals surface area contributed by atoms with Crippen LogP contribution in [0.2, 0.25) is 0 Å². The predicted molar refractivity (Wildman–Crippen MR) is 77.5 cm³/mol. The molecule has 0 radical (unpaired) electrons. The number of morpholine rings is 1. The van der Waals surface area contributed by atoms with Gasteiger partial charge in [0.1, 0.15) is 17.6 Å². The number of pyridine rings is 2. The Labute approximate surface area is 122 Å². The van der Waals surface area contributed by atoms with Gasteiger partial charge >= 0.3 is 0 Å². The highest BCUT2D eigenvalue weighted by molar-refractivity contribution is 5.92. The molecule has 1 aliphatic heterocycles. The summed E-state index contributed by atoms with van der Waals surface area (Å²) < 4.78 is 5.70. The van der Waals surface area contributed by atoms with E-state index in [-0.39, 0.29) is 12.0 Å². The van der Waals surface area contributed by atoms with Gasteiger partial charge in [0.15, 0.2) is 0 Å². The average Bonchev–Trinajstić information content (AvgIpc) is 2.55. The summed E-state index contributed by atoms with van der Waals surface area (Å²) in [4.78, 5) is 22.5. The normalized spacial score (nSPS) is 18.5. The highest BCUT2D eigenvalue weighted by Crippen LogP contribution is 2.22. The Morgan fingerprint density at radius 3 is 2.95 bits per heavy atom. The molecule has 1 fully saturated rings. The second kappa shape index (κ2) is 5.88. The molecule has 6 heteroatoms. The van der Waals surface area contributed by atoms with Crippen LogP contribution < -0.4 is 5.73 Å². The van der Waals surface area contributed by atoms with Gasteiger partial charge in [0, 0.05) is 12.7 Å². The summed E-state index contributed by atoms with van der Waals surface area (Å²) in [6.07, 6.45) is 1.36. The van der Waals surface area contributed by atoms with Crippen LogP contribution in [-0.2, 0) is 4.74 Å². The number of carbonyl (C=O) groups is 1. The van der Waals surface area contributed by atoms with Crippen LogP contribution >= 0.6 is 0 Å². The average molecular weight is 284 g/mol. The van der Waals surface area contributed by atoms with Gasteiger partial charge in [0.2, 0.25) is 0 Å². The smallest absolute Gasteiger partial charge is 0.272 e. The summed E-state index contributed by atoms with van der Waals surface area (Å²) in [6.45, 7) is 1.47. The van der Waals surface area contributed by atoms with Crippen LogP contribution in [0.5, 0.6) is 0 Å². The van der Waals surface area contributed by atoms with Gasteiger partial charge in [0.05, 0.1) is 18.8 Å². The molecule has 1 amide bonds. The first-order valence-corrected chi connectivity index (χ1v) is 6.78. The van der Waals surface area contributed by atoms with E-state index in [1.54, 1.807) is 35.4 Å². The molecule has 1 saturated heterocycles. The number of anilines is 1. The Kier molecular flexibility index (Phi) is 3.79. The highest BCUT2D eigenvalue weighted by atomic mass is 16.5. The Bertz CT molecular complexity index is 633. The van der Waals surface area contributed by atoms with E-state index < -0.39 is 0 Å². The van der Waals surface area contributed by atoms with Crippen molar-refractivity contribution in [2.45, 2.75) is 6.10 Å². The number of nitrogen functional groups attached to an aromatic ring is 1. The minimum absolute atomic E-state index is 0.0900. The van der Waals surface area contributed by atoms with Crippen molar-refractivity contribution in [2.24, 2.45) is 0 Å². The van der Waals surface area contributed by atoms with Gasteiger partial charge in [0.25, 0.3) is 5.91 Å². The first-order valence-electron chi connectivity index (χ1n) is 6.78. The molecule has 6 nitrogen and oxygen atoms in total. The molecule has 0 saturated carbocycles. The second-order valence-corrected chi connectivity index (χ2v) is 4.81. The van der Waals surface area contributed by atoms with E-state index in [4.69, 9.17) is 10.5 Å². The minimum Gasteiger partial charge on any atom is -0.384 e. The third-order valence-corrected chi connectivity index (χ3v) is 3.36. The molecular weight excluding hydrogens is 268 g/mol. The summed E-state index contributed by atoms with van der Waals surface area (Å²) in [5.74, 6) is 0.358. The lowest BCUT2D eigenvalue weighted by atomic mass is 10.1. The number of hydrogen-bond donors (Lipinski definition) is 1. The zero-order valence-electron chi connectivity index (χ0n) is 11.5. The van der Waals surface area contributed by atoms with Gasteiger partial charge in [-0.2, -0.15) is 0 Å². The largest absolute Gasteiger partial charge is 0.384 e. The molecule has 0 unspecified atom stereocenters. The summed E-state index contributed by atoms with van der Waals surface area (Å²) in [5.41, 5.74) is 6.88. The minimum atomic E-state index is -0.255. The summed E-state index contributed by atoms with van der Waals surface area (Å²) in [6, 6.07) is 10.7. The number of nitrogens with zero attached hydrogens (tertiary/aromatic N) is 3. The van der Waals surface area contributed by atoms with Crippen LogP contribution in [0, 0.1) is 0 Å². The number of rotatable bonds is 2. The van der Waals surface area contributed by atoms with Crippen LogP contribution in [0.1, 0.15) is 22.3 Å². The third kappa shape index (κ3) is 3.00. The number of aromatic nitrogens is 2. The van der Waals surface area contributed by atoms with Crippen molar-refractivity contribution < 1.29 is 9.53 Å². The number of hydrogen-bond acceptors (Lipinski definition) is 5. The van der Waals surface area contributed by atoms with Crippen LogP contribution in [0.3, 0.4) is 0 Å². The fourth-order valence-corrected chi connectivity index (χ4v) is 2.31. The monoisotopic (exact) mass is 284 g/mol. The molecular formula is C15H16N4O2. The molecule has 0 spiro atoms. The molecule has 1 atom stereocenters. The van der Waals surface area contributed by atoms with Gasteiger partial charge in [-0.15, -0.1) is 0 Å². The maximum Gasteiger partial charge on any atom is 0.272 e. The molecule has 0 aliphatic carbocycles. The number of amides is 1. The van der Waals surface area contributed by atoms with E-state index in [1.807, 2.05) is 12.1 Å². The zero-order chi connectivity index (χ0) is 14.7. The molecule has 2 N–H and O–H groups in total. The predicted octanol–water partition coefficient (Wildman–Crippen LogP) is 1.27. The fraction of sp³-hybridized carbons (Fsp3) is 0.267. The molecule has 1 aliphatic rings. The van der Waals surface area contributed by atoms with Crippen molar-refractivity contribution in [3.8, 4) is 0 Å². The number of nitrogens with two attached hydrogens (primary N) is 1.